The number of nitrogens with zero attached hydrogens (tertiary/aromatic N) is 2. The fraction of sp³-hybridized carbons (Fsp3) is 0.125. The van der Waals surface area contributed by atoms with E-state index in [1.807, 2.05) is 30.5 Å². The zero-order chi connectivity index (χ0) is 13.1. The summed E-state index contributed by atoms with van der Waals surface area (Å²) in [4.78, 5) is 8.47. The molecule has 0 aliphatic rings. The van der Waals surface area contributed by atoms with Crippen LogP contribution in [0.25, 0.3) is 10.9 Å². The highest BCUT2D eigenvalue weighted by Gasteiger charge is 2.11. The van der Waals surface area contributed by atoms with Gasteiger partial charge in [0.1, 0.15) is 0 Å². The Morgan fingerprint density at radius 3 is 2.58 bits per heavy atom. The Bertz CT molecular complexity index is 674. The summed E-state index contributed by atoms with van der Waals surface area (Å²) in [6.45, 7) is 0. The predicted molar refractivity (Wildman–Crippen MR) is 76.6 cm³/mol. The molecule has 0 aliphatic heterocycles. The van der Waals surface area contributed by atoms with Gasteiger partial charge in [0.15, 0.2) is 0 Å². The van der Waals surface area contributed by atoms with Crippen molar-refractivity contribution in [3.8, 4) is 0 Å². The first-order valence-corrected chi connectivity index (χ1v) is 6.33. The van der Waals surface area contributed by atoms with Gasteiger partial charge in [-0.05, 0) is 35.7 Å². The van der Waals surface area contributed by atoms with E-state index in [4.69, 9.17) is 5.73 Å². The number of fused-ring (bicyclic) bond motifs is 1. The number of hydrogen-bond acceptors (Lipinski definition) is 3. The molecule has 0 saturated heterocycles. The van der Waals surface area contributed by atoms with Gasteiger partial charge in [0.2, 0.25) is 0 Å². The van der Waals surface area contributed by atoms with Crippen molar-refractivity contribution < 1.29 is 0 Å². The van der Waals surface area contributed by atoms with Crippen LogP contribution in [0.2, 0.25) is 0 Å². The van der Waals surface area contributed by atoms with Crippen LogP contribution < -0.4 is 5.73 Å². The average molecular weight is 249 g/mol. The number of benzene rings is 1. The molecular formula is C16H15N3. The summed E-state index contributed by atoms with van der Waals surface area (Å²) in [7, 11) is 0. The summed E-state index contributed by atoms with van der Waals surface area (Å²) < 4.78 is 0. The van der Waals surface area contributed by atoms with Crippen LogP contribution in [0.3, 0.4) is 0 Å². The summed E-state index contributed by atoms with van der Waals surface area (Å²) >= 11 is 0. The molecule has 0 bridgehead atoms. The van der Waals surface area contributed by atoms with E-state index in [0.29, 0.717) is 0 Å². The molecule has 0 radical (unpaired) electrons. The van der Waals surface area contributed by atoms with Gasteiger partial charge in [-0.2, -0.15) is 0 Å². The second-order valence-electron chi connectivity index (χ2n) is 4.59. The molecule has 0 aliphatic carbocycles. The maximum Gasteiger partial charge on any atom is 0.0749 e. The first kappa shape index (κ1) is 11.8. The lowest BCUT2D eigenvalue weighted by molar-refractivity contribution is 0.725. The number of rotatable bonds is 3. The molecule has 0 spiro atoms. The third-order valence-corrected chi connectivity index (χ3v) is 3.27. The van der Waals surface area contributed by atoms with Crippen molar-refractivity contribution in [2.45, 2.75) is 12.5 Å². The zero-order valence-corrected chi connectivity index (χ0v) is 10.5. The number of aromatic nitrogens is 2. The molecule has 1 aromatic carbocycles. The second-order valence-corrected chi connectivity index (χ2v) is 4.59. The molecule has 2 heterocycles. The monoisotopic (exact) mass is 249 g/mol. The zero-order valence-electron chi connectivity index (χ0n) is 10.5. The molecule has 1 unspecified atom stereocenters. The summed E-state index contributed by atoms with van der Waals surface area (Å²) in [5.41, 5.74) is 9.61. The van der Waals surface area contributed by atoms with Crippen LogP contribution in [0.15, 0.2) is 61.1 Å². The van der Waals surface area contributed by atoms with Gasteiger partial charge < -0.3 is 5.73 Å². The lowest BCUT2D eigenvalue weighted by atomic mass is 9.98. The molecule has 0 amide bonds. The molecule has 2 aromatic heterocycles. The van der Waals surface area contributed by atoms with Crippen molar-refractivity contribution in [3.05, 3.63) is 72.2 Å². The van der Waals surface area contributed by atoms with Gasteiger partial charge >= 0.3 is 0 Å². The maximum atomic E-state index is 6.33. The van der Waals surface area contributed by atoms with Gasteiger partial charge in [-0.15, -0.1) is 0 Å². The minimum absolute atomic E-state index is 0.0546. The lowest BCUT2D eigenvalue weighted by Crippen LogP contribution is -2.14. The highest BCUT2D eigenvalue weighted by atomic mass is 14.7. The molecule has 2 N–H and O–H groups in total. The van der Waals surface area contributed by atoms with Crippen molar-refractivity contribution in [1.29, 1.82) is 0 Å². The van der Waals surface area contributed by atoms with Crippen LogP contribution in [0, 0.1) is 0 Å². The van der Waals surface area contributed by atoms with Crippen LogP contribution in [0.1, 0.15) is 17.2 Å². The van der Waals surface area contributed by atoms with Crippen LogP contribution in [-0.4, -0.2) is 9.97 Å². The smallest absolute Gasteiger partial charge is 0.0749 e. The quantitative estimate of drug-likeness (QED) is 0.776. The number of pyridine rings is 2. The summed E-state index contributed by atoms with van der Waals surface area (Å²) in [5.74, 6) is 0. The van der Waals surface area contributed by atoms with Gasteiger partial charge in [0.25, 0.3) is 0 Å². The number of hydrogen-bond donors (Lipinski definition) is 1. The molecule has 0 fully saturated rings. The topological polar surface area (TPSA) is 51.8 Å². The predicted octanol–water partition coefficient (Wildman–Crippen LogP) is 2.87. The molecular weight excluding hydrogens is 234 g/mol. The molecule has 3 rings (SSSR count). The van der Waals surface area contributed by atoms with Crippen molar-refractivity contribution in [1.82, 2.24) is 9.97 Å². The molecule has 0 saturated carbocycles. The fourth-order valence-corrected chi connectivity index (χ4v) is 2.31. The fourth-order valence-electron chi connectivity index (χ4n) is 2.31. The third kappa shape index (κ3) is 2.46. The highest BCUT2D eigenvalue weighted by molar-refractivity contribution is 5.82. The van der Waals surface area contributed by atoms with E-state index in [1.165, 1.54) is 5.56 Å². The Hall–Kier alpha value is -2.26. The Kier molecular flexibility index (Phi) is 3.21. The minimum atomic E-state index is -0.0546. The van der Waals surface area contributed by atoms with E-state index in [0.717, 1.165) is 22.9 Å². The molecule has 3 heteroatoms. The van der Waals surface area contributed by atoms with E-state index < -0.39 is 0 Å². The van der Waals surface area contributed by atoms with Crippen LogP contribution >= 0.6 is 0 Å². The molecule has 3 nitrogen and oxygen atoms in total. The van der Waals surface area contributed by atoms with E-state index in [2.05, 4.69) is 28.2 Å². The van der Waals surface area contributed by atoms with Gasteiger partial charge in [0, 0.05) is 30.0 Å². The van der Waals surface area contributed by atoms with Gasteiger partial charge in [-0.1, -0.05) is 24.3 Å². The Morgan fingerprint density at radius 1 is 0.947 bits per heavy atom. The van der Waals surface area contributed by atoms with Gasteiger partial charge in [-0.3, -0.25) is 9.97 Å². The van der Waals surface area contributed by atoms with Gasteiger partial charge in [-0.25, -0.2) is 0 Å². The van der Waals surface area contributed by atoms with E-state index in [1.54, 1.807) is 12.4 Å². The summed E-state index contributed by atoms with van der Waals surface area (Å²) in [6.07, 6.45) is 6.19. The Balaban J connectivity index is 1.96. The Morgan fingerprint density at radius 2 is 1.74 bits per heavy atom. The number of para-hydroxylation sites is 1. The van der Waals surface area contributed by atoms with Crippen LogP contribution in [0.5, 0.6) is 0 Å². The van der Waals surface area contributed by atoms with Crippen LogP contribution in [-0.2, 0) is 6.42 Å². The van der Waals surface area contributed by atoms with Gasteiger partial charge in [0.05, 0.1) is 5.52 Å². The minimum Gasteiger partial charge on any atom is -0.324 e. The molecule has 19 heavy (non-hydrogen) atoms. The van der Waals surface area contributed by atoms with E-state index in [9.17, 15) is 0 Å². The van der Waals surface area contributed by atoms with Crippen molar-refractivity contribution in [2.24, 2.45) is 5.73 Å². The average Bonchev–Trinajstić information content (AvgIpc) is 2.47. The summed E-state index contributed by atoms with van der Waals surface area (Å²) in [6, 6.07) is 14.1. The van der Waals surface area contributed by atoms with Crippen LogP contribution in [0.4, 0.5) is 0 Å². The Labute approximate surface area is 112 Å². The maximum absolute atomic E-state index is 6.33. The molecule has 3 aromatic rings. The van der Waals surface area contributed by atoms with E-state index in [-0.39, 0.29) is 6.04 Å². The van der Waals surface area contributed by atoms with E-state index >= 15 is 0 Å². The first-order valence-electron chi connectivity index (χ1n) is 6.33. The highest BCUT2D eigenvalue weighted by Crippen LogP contribution is 2.23. The second kappa shape index (κ2) is 5.16. The molecule has 1 atom stereocenters. The SMILES string of the molecule is NC(Cc1ccncc1)c1cccc2cccnc12. The van der Waals surface area contributed by atoms with Crippen molar-refractivity contribution >= 4 is 10.9 Å². The lowest BCUT2D eigenvalue weighted by Gasteiger charge is -2.14. The standard InChI is InChI=1S/C16H15N3/c17-15(11-12-6-9-18-10-7-12)14-5-1-3-13-4-2-8-19-16(13)14/h1-10,15H,11,17H2. The largest absolute Gasteiger partial charge is 0.324 e. The first-order chi connectivity index (χ1) is 9.34. The normalized spacial score (nSPS) is 12.5. The number of nitrogens with two attached hydrogens (primary N) is 1. The van der Waals surface area contributed by atoms with Crippen molar-refractivity contribution in [2.75, 3.05) is 0 Å². The third-order valence-electron chi connectivity index (χ3n) is 3.27. The summed E-state index contributed by atoms with van der Waals surface area (Å²) in [5, 5.41) is 1.13. The molecule has 94 valence electrons. The van der Waals surface area contributed by atoms with Crippen molar-refractivity contribution in [3.63, 3.8) is 0 Å².